The van der Waals surface area contributed by atoms with Crippen molar-refractivity contribution in [2.24, 2.45) is 23.7 Å². The average Bonchev–Trinajstić information content (AvgIpc) is 3.24. The summed E-state index contributed by atoms with van der Waals surface area (Å²) in [6.45, 7) is 4.25. The van der Waals surface area contributed by atoms with E-state index in [0.29, 0.717) is 58.8 Å². The molecule has 43 heavy (non-hydrogen) atoms. The number of Topliss-reactive ketones (excluding diaryl/α,β-unsaturated/α-hetero) is 2. The molecule has 9 heteroatoms. The van der Waals surface area contributed by atoms with Crippen molar-refractivity contribution in [2.45, 2.75) is 77.0 Å². The molecule has 2 heterocycles. The summed E-state index contributed by atoms with van der Waals surface area (Å²) in [4.78, 5) is 47.3. The number of hydrogen-bond donors (Lipinski definition) is 0. The summed E-state index contributed by atoms with van der Waals surface area (Å²) in [5.41, 5.74) is 2.43. The van der Waals surface area contributed by atoms with Gasteiger partial charge in [0, 0.05) is 47.4 Å². The summed E-state index contributed by atoms with van der Waals surface area (Å²) in [5.74, 6) is -1.60. The Kier molecular flexibility index (Phi) is 11.3. The van der Waals surface area contributed by atoms with E-state index in [1.54, 1.807) is 50.2 Å². The molecule has 0 aromatic heterocycles. The predicted molar refractivity (Wildman–Crippen MR) is 156 cm³/mol. The third kappa shape index (κ3) is 7.29. The van der Waals surface area contributed by atoms with Crippen LogP contribution in [-0.2, 0) is 9.59 Å². The van der Waals surface area contributed by atoms with Crippen molar-refractivity contribution < 1.29 is 38.9 Å². The maximum Gasteiger partial charge on any atom is 2.00 e. The number of hydrogen-bond acceptors (Lipinski definition) is 8. The van der Waals surface area contributed by atoms with Crippen LogP contribution in [0.5, 0.6) is 11.5 Å². The molecule has 2 aromatic carbocycles. The molecule has 0 radical (unpaired) electrons. The van der Waals surface area contributed by atoms with Crippen LogP contribution in [0.3, 0.4) is 0 Å². The molecular weight excluding hydrogens is 576 g/mol. The molecule has 2 saturated carbocycles. The van der Waals surface area contributed by atoms with Crippen LogP contribution < -0.4 is 19.7 Å². The Bertz CT molecular complexity index is 1270. The monoisotopic (exact) mass is 614 g/mol. The van der Waals surface area contributed by atoms with E-state index in [9.17, 15) is 29.4 Å². The van der Waals surface area contributed by atoms with Gasteiger partial charge in [0.25, 0.3) is 0 Å². The van der Waals surface area contributed by atoms with E-state index < -0.39 is 23.8 Å². The molecule has 0 bridgehead atoms. The van der Waals surface area contributed by atoms with Gasteiger partial charge in [-0.15, -0.1) is 0 Å². The van der Waals surface area contributed by atoms with Gasteiger partial charge in [-0.05, 0) is 61.1 Å². The third-order valence-electron chi connectivity index (χ3n) is 9.65. The van der Waals surface area contributed by atoms with Gasteiger partial charge in [-0.2, -0.15) is 0 Å². The molecule has 2 aromatic rings. The molecule has 6 unspecified atom stereocenters. The van der Waals surface area contributed by atoms with E-state index in [1.807, 2.05) is 0 Å². The van der Waals surface area contributed by atoms with Crippen LogP contribution in [0.25, 0.3) is 0 Å². The molecule has 8 nitrogen and oxygen atoms in total. The maximum absolute atomic E-state index is 12.7. The Balaban J connectivity index is 0.000000192. The fourth-order valence-electron chi connectivity index (χ4n) is 6.83. The number of carboxylic acid groups (broad SMARTS) is 2. The summed E-state index contributed by atoms with van der Waals surface area (Å²) in [6.07, 6.45) is 8.44. The molecule has 2 fully saturated rings. The van der Waals surface area contributed by atoms with Gasteiger partial charge >= 0.3 is 37.7 Å². The van der Waals surface area contributed by atoms with Crippen molar-refractivity contribution >= 4 is 61.2 Å². The van der Waals surface area contributed by atoms with Crippen molar-refractivity contribution in [3.63, 3.8) is 0 Å². The largest absolute Gasteiger partial charge is 2.00 e. The minimum atomic E-state index is -1.12. The van der Waals surface area contributed by atoms with Gasteiger partial charge in [0.15, 0.2) is 11.6 Å². The van der Waals surface area contributed by atoms with Gasteiger partial charge in [0.1, 0.15) is 11.5 Å². The molecule has 4 aliphatic rings. The van der Waals surface area contributed by atoms with E-state index in [4.69, 9.17) is 9.47 Å². The number of carbonyl (C=O) groups is 4. The minimum Gasteiger partial charge on any atom is -0.550 e. The van der Waals surface area contributed by atoms with Gasteiger partial charge in [-0.25, -0.2) is 0 Å². The first kappa shape index (κ1) is 33.5. The standard InChI is InChI=1S/2C17H20O4.Ca/c2*1-10(17(19)20)11-6-7-14-15(8-11)21-9-12-4-2-3-5-13(12)16(14)18;/h2*6-8,10,12-13H,2-5,9H2,1H3,(H,19,20);/q;;+2/p-2. The summed E-state index contributed by atoms with van der Waals surface area (Å²) >= 11 is 0. The molecule has 0 saturated heterocycles. The fraction of sp³-hybridized carbons (Fsp3) is 0.529. The Morgan fingerprint density at radius 1 is 0.674 bits per heavy atom. The normalized spacial score (nSPS) is 25.4. The van der Waals surface area contributed by atoms with Gasteiger partial charge in [-0.1, -0.05) is 51.7 Å². The number of ketones is 2. The Hall–Kier alpha value is -2.42. The van der Waals surface area contributed by atoms with Crippen LogP contribution in [0.15, 0.2) is 36.4 Å². The van der Waals surface area contributed by atoms with Crippen molar-refractivity contribution in [2.75, 3.05) is 13.2 Å². The first-order valence-electron chi connectivity index (χ1n) is 15.2. The zero-order valence-electron chi connectivity index (χ0n) is 25.0. The smallest absolute Gasteiger partial charge is 0.550 e. The number of rotatable bonds is 4. The zero-order valence-corrected chi connectivity index (χ0v) is 27.2. The number of carbonyl (C=O) groups excluding carboxylic acids is 4. The number of aliphatic carboxylic acids is 2. The molecule has 2 aliphatic heterocycles. The van der Waals surface area contributed by atoms with Crippen LogP contribution in [0.4, 0.5) is 0 Å². The molecule has 224 valence electrons. The van der Waals surface area contributed by atoms with E-state index in [-0.39, 0.29) is 61.1 Å². The van der Waals surface area contributed by atoms with E-state index in [0.717, 1.165) is 51.4 Å². The number of benzene rings is 2. The second kappa shape index (κ2) is 14.6. The fourth-order valence-corrected chi connectivity index (χ4v) is 6.83. The Morgan fingerprint density at radius 3 is 1.42 bits per heavy atom. The topological polar surface area (TPSA) is 133 Å². The number of ether oxygens (including phenoxy) is 2. The van der Waals surface area contributed by atoms with Crippen LogP contribution in [0.2, 0.25) is 0 Å². The second-order valence-electron chi connectivity index (χ2n) is 12.2. The third-order valence-corrected chi connectivity index (χ3v) is 9.65. The van der Waals surface area contributed by atoms with Crippen LogP contribution >= 0.6 is 0 Å². The summed E-state index contributed by atoms with van der Waals surface area (Å²) in [5, 5.41) is 22.0. The van der Waals surface area contributed by atoms with Crippen molar-refractivity contribution in [3.8, 4) is 11.5 Å². The zero-order chi connectivity index (χ0) is 30.0. The number of fused-ring (bicyclic) bond motifs is 4. The molecule has 0 N–H and O–H groups in total. The quantitative estimate of drug-likeness (QED) is 0.479. The molecule has 0 amide bonds. The summed E-state index contributed by atoms with van der Waals surface area (Å²) in [6, 6.07) is 10.2. The van der Waals surface area contributed by atoms with Crippen LogP contribution in [-0.4, -0.2) is 74.5 Å². The summed E-state index contributed by atoms with van der Waals surface area (Å²) in [7, 11) is 0. The Morgan fingerprint density at radius 2 is 1.05 bits per heavy atom. The number of carboxylic acids is 2. The van der Waals surface area contributed by atoms with Crippen LogP contribution in [0, 0.1) is 23.7 Å². The average molecular weight is 615 g/mol. The van der Waals surface area contributed by atoms with E-state index in [2.05, 4.69) is 0 Å². The van der Waals surface area contributed by atoms with Crippen molar-refractivity contribution in [3.05, 3.63) is 58.7 Å². The molecule has 6 rings (SSSR count). The van der Waals surface area contributed by atoms with Gasteiger partial charge in [0.05, 0.1) is 24.3 Å². The molecule has 2 aliphatic carbocycles. The predicted octanol–water partition coefficient (Wildman–Crippen LogP) is 3.46. The minimum absolute atomic E-state index is 0. The van der Waals surface area contributed by atoms with Crippen LogP contribution in [0.1, 0.15) is 109 Å². The van der Waals surface area contributed by atoms with Crippen molar-refractivity contribution in [1.29, 1.82) is 0 Å². The SMILES string of the molecule is CC(C(=O)[O-])c1ccc2c(c1)OCC1CCCCC1C2=O.CC(C(=O)[O-])c1ccc2c(c1)OCC1CCCCC1C2=O.[Ca+2]. The van der Waals surface area contributed by atoms with E-state index in [1.165, 1.54) is 0 Å². The molecular formula is C34H38CaO8. The van der Waals surface area contributed by atoms with E-state index >= 15 is 0 Å². The molecule has 6 atom stereocenters. The first-order chi connectivity index (χ1) is 20.2. The van der Waals surface area contributed by atoms with Gasteiger partial charge in [-0.3, -0.25) is 9.59 Å². The van der Waals surface area contributed by atoms with Gasteiger partial charge < -0.3 is 29.3 Å². The first-order valence-corrected chi connectivity index (χ1v) is 15.2. The second-order valence-corrected chi connectivity index (χ2v) is 12.2. The maximum atomic E-state index is 12.7. The Labute approximate surface area is 282 Å². The van der Waals surface area contributed by atoms with Crippen molar-refractivity contribution in [1.82, 2.24) is 0 Å². The summed E-state index contributed by atoms with van der Waals surface area (Å²) < 4.78 is 11.6. The van der Waals surface area contributed by atoms with Gasteiger partial charge in [0.2, 0.25) is 0 Å². The molecule has 0 spiro atoms.